The molecule has 1 saturated heterocycles. The molecule has 0 saturated carbocycles. The zero-order chi connectivity index (χ0) is 10.8. The van der Waals surface area contributed by atoms with Gasteiger partial charge in [-0.3, -0.25) is 0 Å². The Bertz CT molecular complexity index is 357. The van der Waals surface area contributed by atoms with Crippen molar-refractivity contribution in [1.29, 1.82) is 0 Å². The topological polar surface area (TPSA) is 29.3 Å². The molecular formula is C12H17ClN2. The van der Waals surface area contributed by atoms with Gasteiger partial charge in [-0.2, -0.15) is 0 Å². The van der Waals surface area contributed by atoms with E-state index in [4.69, 9.17) is 17.3 Å². The van der Waals surface area contributed by atoms with E-state index in [2.05, 4.69) is 11.0 Å². The van der Waals surface area contributed by atoms with Crippen LogP contribution in [0.15, 0.2) is 12.1 Å². The Kier molecular flexibility index (Phi) is 3.06. The first-order chi connectivity index (χ1) is 7.18. The lowest BCUT2D eigenvalue weighted by atomic mass is 10.1. The van der Waals surface area contributed by atoms with E-state index in [0.717, 1.165) is 35.1 Å². The van der Waals surface area contributed by atoms with Gasteiger partial charge in [0.2, 0.25) is 0 Å². The van der Waals surface area contributed by atoms with E-state index in [9.17, 15) is 0 Å². The van der Waals surface area contributed by atoms with Crippen molar-refractivity contribution in [3.05, 3.63) is 22.7 Å². The van der Waals surface area contributed by atoms with Gasteiger partial charge in [-0.05, 0) is 43.9 Å². The number of nitrogen functional groups attached to an aromatic ring is 1. The molecule has 0 atom stereocenters. The molecule has 0 bridgehead atoms. The molecule has 2 N–H and O–H groups in total. The first-order valence-corrected chi connectivity index (χ1v) is 5.87. The number of rotatable bonds is 1. The van der Waals surface area contributed by atoms with Crippen LogP contribution in [0.3, 0.4) is 0 Å². The number of aryl methyl sites for hydroxylation is 1. The standard InChI is InChI=1S/C12H17ClN2/c1-9-7-12(10(13)8-11(9)14)15-5-3-2-4-6-15/h7-8H,2-6,14H2,1H3. The van der Waals surface area contributed by atoms with E-state index in [-0.39, 0.29) is 0 Å². The van der Waals surface area contributed by atoms with Crippen LogP contribution in [0.25, 0.3) is 0 Å². The molecule has 2 nitrogen and oxygen atoms in total. The predicted octanol–water partition coefficient (Wildman–Crippen LogP) is 3.22. The maximum absolute atomic E-state index is 6.21. The van der Waals surface area contributed by atoms with Gasteiger partial charge in [0.25, 0.3) is 0 Å². The third kappa shape index (κ3) is 2.20. The second-order valence-corrected chi connectivity index (χ2v) is 4.62. The number of anilines is 2. The zero-order valence-electron chi connectivity index (χ0n) is 9.09. The van der Waals surface area contributed by atoms with Gasteiger partial charge in [0.15, 0.2) is 0 Å². The highest BCUT2D eigenvalue weighted by molar-refractivity contribution is 6.33. The van der Waals surface area contributed by atoms with Gasteiger partial charge in [-0.1, -0.05) is 11.6 Å². The molecule has 1 heterocycles. The fourth-order valence-electron chi connectivity index (χ4n) is 2.06. The Morgan fingerprint density at radius 2 is 1.87 bits per heavy atom. The third-order valence-electron chi connectivity index (χ3n) is 3.03. The Morgan fingerprint density at radius 3 is 2.53 bits per heavy atom. The SMILES string of the molecule is Cc1cc(N2CCCCC2)c(Cl)cc1N. The second-order valence-electron chi connectivity index (χ2n) is 4.21. The lowest BCUT2D eigenvalue weighted by molar-refractivity contribution is 0.578. The summed E-state index contributed by atoms with van der Waals surface area (Å²) in [6.07, 6.45) is 3.86. The molecule has 1 aliphatic heterocycles. The van der Waals surface area contributed by atoms with Crippen molar-refractivity contribution in [2.75, 3.05) is 23.7 Å². The summed E-state index contributed by atoms with van der Waals surface area (Å²) >= 11 is 6.21. The molecule has 0 radical (unpaired) electrons. The van der Waals surface area contributed by atoms with Crippen molar-refractivity contribution in [1.82, 2.24) is 0 Å². The van der Waals surface area contributed by atoms with Gasteiger partial charge in [-0.15, -0.1) is 0 Å². The van der Waals surface area contributed by atoms with Crippen molar-refractivity contribution in [3.63, 3.8) is 0 Å². The van der Waals surface area contributed by atoms with Crippen molar-refractivity contribution in [2.45, 2.75) is 26.2 Å². The molecule has 0 amide bonds. The van der Waals surface area contributed by atoms with Crippen LogP contribution in [-0.2, 0) is 0 Å². The van der Waals surface area contributed by atoms with Crippen molar-refractivity contribution >= 4 is 23.0 Å². The normalized spacial score (nSPS) is 16.8. The fraction of sp³-hybridized carbons (Fsp3) is 0.500. The molecule has 0 aliphatic carbocycles. The van der Waals surface area contributed by atoms with Crippen LogP contribution >= 0.6 is 11.6 Å². The van der Waals surface area contributed by atoms with Crippen molar-refractivity contribution < 1.29 is 0 Å². The van der Waals surface area contributed by atoms with Crippen molar-refractivity contribution in [2.24, 2.45) is 0 Å². The quantitative estimate of drug-likeness (QED) is 0.743. The molecule has 1 fully saturated rings. The zero-order valence-corrected chi connectivity index (χ0v) is 9.85. The number of benzene rings is 1. The lowest BCUT2D eigenvalue weighted by Crippen LogP contribution is -2.29. The van der Waals surface area contributed by atoms with Crippen LogP contribution in [0.4, 0.5) is 11.4 Å². The minimum atomic E-state index is 0.778. The van der Waals surface area contributed by atoms with Gasteiger partial charge >= 0.3 is 0 Å². The van der Waals surface area contributed by atoms with E-state index >= 15 is 0 Å². The summed E-state index contributed by atoms with van der Waals surface area (Å²) in [6.45, 7) is 4.26. The summed E-state index contributed by atoms with van der Waals surface area (Å²) in [5.74, 6) is 0. The average molecular weight is 225 g/mol. The summed E-state index contributed by atoms with van der Waals surface area (Å²) in [6, 6.07) is 3.96. The Labute approximate surface area is 96.0 Å². The van der Waals surface area contributed by atoms with Gasteiger partial charge < -0.3 is 10.6 Å². The lowest BCUT2D eigenvalue weighted by Gasteiger charge is -2.30. The molecule has 0 spiro atoms. The molecule has 1 aliphatic rings. The van der Waals surface area contributed by atoms with Crippen LogP contribution in [0.5, 0.6) is 0 Å². The van der Waals surface area contributed by atoms with E-state index in [0.29, 0.717) is 0 Å². The molecule has 15 heavy (non-hydrogen) atoms. The summed E-state index contributed by atoms with van der Waals surface area (Å²) < 4.78 is 0. The largest absolute Gasteiger partial charge is 0.398 e. The second kappa shape index (κ2) is 4.31. The van der Waals surface area contributed by atoms with E-state index in [1.807, 2.05) is 13.0 Å². The molecule has 0 unspecified atom stereocenters. The number of nitrogens with zero attached hydrogens (tertiary/aromatic N) is 1. The minimum absolute atomic E-state index is 0.778. The van der Waals surface area contributed by atoms with E-state index in [1.54, 1.807) is 0 Å². The molecule has 1 aromatic carbocycles. The Balaban J connectivity index is 2.30. The number of halogens is 1. The monoisotopic (exact) mass is 224 g/mol. The summed E-state index contributed by atoms with van der Waals surface area (Å²) in [5, 5.41) is 0.778. The summed E-state index contributed by atoms with van der Waals surface area (Å²) in [4.78, 5) is 2.36. The fourth-order valence-corrected chi connectivity index (χ4v) is 2.35. The van der Waals surface area contributed by atoms with Crippen molar-refractivity contribution in [3.8, 4) is 0 Å². The van der Waals surface area contributed by atoms with Crippen LogP contribution in [0, 0.1) is 6.92 Å². The molecule has 82 valence electrons. The smallest absolute Gasteiger partial charge is 0.0660 e. The summed E-state index contributed by atoms with van der Waals surface area (Å²) in [5.41, 5.74) is 8.85. The molecule has 1 aromatic rings. The molecular weight excluding hydrogens is 208 g/mol. The Morgan fingerprint density at radius 1 is 1.20 bits per heavy atom. The highest BCUT2D eigenvalue weighted by Crippen LogP contribution is 2.31. The molecule has 0 aromatic heterocycles. The highest BCUT2D eigenvalue weighted by Gasteiger charge is 2.14. The van der Waals surface area contributed by atoms with Crippen LogP contribution in [-0.4, -0.2) is 13.1 Å². The molecule has 3 heteroatoms. The average Bonchev–Trinajstić information content (AvgIpc) is 2.25. The van der Waals surface area contributed by atoms with Gasteiger partial charge in [0, 0.05) is 18.8 Å². The number of hydrogen-bond donors (Lipinski definition) is 1. The minimum Gasteiger partial charge on any atom is -0.398 e. The predicted molar refractivity (Wildman–Crippen MR) is 66.7 cm³/mol. The van der Waals surface area contributed by atoms with Gasteiger partial charge in [-0.25, -0.2) is 0 Å². The Hall–Kier alpha value is -0.890. The maximum atomic E-state index is 6.21. The van der Waals surface area contributed by atoms with E-state index in [1.165, 1.54) is 19.3 Å². The van der Waals surface area contributed by atoms with Gasteiger partial charge in [0.1, 0.15) is 0 Å². The number of hydrogen-bond acceptors (Lipinski definition) is 2. The van der Waals surface area contributed by atoms with Crippen LogP contribution in [0.2, 0.25) is 5.02 Å². The van der Waals surface area contributed by atoms with Crippen LogP contribution in [0.1, 0.15) is 24.8 Å². The third-order valence-corrected chi connectivity index (χ3v) is 3.33. The van der Waals surface area contributed by atoms with Gasteiger partial charge in [0.05, 0.1) is 10.7 Å². The first kappa shape index (κ1) is 10.6. The number of piperidine rings is 1. The highest BCUT2D eigenvalue weighted by atomic mass is 35.5. The maximum Gasteiger partial charge on any atom is 0.0660 e. The van der Waals surface area contributed by atoms with Crippen LogP contribution < -0.4 is 10.6 Å². The molecule has 2 rings (SSSR count). The van der Waals surface area contributed by atoms with E-state index < -0.39 is 0 Å². The summed E-state index contributed by atoms with van der Waals surface area (Å²) in [7, 11) is 0. The first-order valence-electron chi connectivity index (χ1n) is 5.49. The number of nitrogens with two attached hydrogens (primary N) is 1.